The second kappa shape index (κ2) is 10.2. The van der Waals surface area contributed by atoms with Gasteiger partial charge >= 0.3 is 0 Å². The zero-order valence-electron chi connectivity index (χ0n) is 16.6. The number of ether oxygens (including phenoxy) is 1. The lowest BCUT2D eigenvalue weighted by Gasteiger charge is -2.14. The molecular formula is C22H19F3N2O4S. The topological polar surface area (TPSA) is 84.5 Å². The maximum Gasteiger partial charge on any atom is 0.261 e. The van der Waals surface area contributed by atoms with Gasteiger partial charge < -0.3 is 10.1 Å². The average molecular weight is 464 g/mol. The van der Waals surface area contributed by atoms with E-state index in [-0.39, 0.29) is 41.5 Å². The summed E-state index contributed by atoms with van der Waals surface area (Å²) in [4.78, 5) is 12.1. The fourth-order valence-electron chi connectivity index (χ4n) is 2.72. The Morgan fingerprint density at radius 3 is 2.22 bits per heavy atom. The molecule has 0 radical (unpaired) electrons. The summed E-state index contributed by atoms with van der Waals surface area (Å²) in [6, 6.07) is 13.4. The van der Waals surface area contributed by atoms with Crippen LogP contribution in [0, 0.1) is 17.5 Å². The van der Waals surface area contributed by atoms with Gasteiger partial charge in [0.05, 0.1) is 22.9 Å². The Bertz CT molecular complexity index is 1200. The van der Waals surface area contributed by atoms with E-state index in [9.17, 15) is 26.4 Å². The SMILES string of the molecule is O=C(CCCOc1ccc(F)cc1F)Nc1ccccc1NS(=O)(=O)c1ccc(F)cc1. The summed E-state index contributed by atoms with van der Waals surface area (Å²) in [5, 5.41) is 2.61. The summed E-state index contributed by atoms with van der Waals surface area (Å²) in [5.41, 5.74) is 0.364. The number of sulfonamides is 1. The number of nitrogens with one attached hydrogen (secondary N) is 2. The smallest absolute Gasteiger partial charge is 0.261 e. The number of carbonyl (C=O) groups excluding carboxylic acids is 1. The van der Waals surface area contributed by atoms with E-state index in [1.54, 1.807) is 12.1 Å². The minimum absolute atomic E-state index is 0.0157. The van der Waals surface area contributed by atoms with Crippen LogP contribution >= 0.6 is 0 Å². The third-order valence-corrected chi connectivity index (χ3v) is 5.65. The van der Waals surface area contributed by atoms with Crippen LogP contribution in [0.2, 0.25) is 0 Å². The van der Waals surface area contributed by atoms with E-state index >= 15 is 0 Å². The maximum absolute atomic E-state index is 13.5. The Balaban J connectivity index is 1.57. The number of hydrogen-bond donors (Lipinski definition) is 2. The highest BCUT2D eigenvalue weighted by Crippen LogP contribution is 2.25. The monoisotopic (exact) mass is 464 g/mol. The maximum atomic E-state index is 13.5. The van der Waals surface area contributed by atoms with Gasteiger partial charge in [0.15, 0.2) is 11.6 Å². The van der Waals surface area contributed by atoms with E-state index in [1.807, 2.05) is 0 Å². The van der Waals surface area contributed by atoms with Gasteiger partial charge in [-0.3, -0.25) is 9.52 Å². The molecule has 0 spiro atoms. The molecule has 3 aromatic carbocycles. The minimum Gasteiger partial charge on any atom is -0.491 e. The van der Waals surface area contributed by atoms with E-state index < -0.39 is 33.4 Å². The highest BCUT2D eigenvalue weighted by Gasteiger charge is 2.17. The van der Waals surface area contributed by atoms with Crippen LogP contribution < -0.4 is 14.8 Å². The molecule has 0 unspecified atom stereocenters. The van der Waals surface area contributed by atoms with E-state index in [0.717, 1.165) is 36.4 Å². The molecule has 3 rings (SSSR count). The standard InChI is InChI=1S/C22H19F3N2O4S/c23-15-7-10-17(11-8-15)32(29,30)27-20-5-2-1-4-19(20)26-22(28)6-3-13-31-21-12-9-16(24)14-18(21)25/h1-2,4-5,7-12,14,27H,3,6,13H2,(H,26,28). The first-order valence-corrected chi connectivity index (χ1v) is 11.0. The minimum atomic E-state index is -4.00. The van der Waals surface area contributed by atoms with Crippen LogP contribution in [0.5, 0.6) is 5.75 Å². The van der Waals surface area contributed by atoms with Gasteiger partial charge in [0.2, 0.25) is 5.91 Å². The average Bonchev–Trinajstić information content (AvgIpc) is 2.74. The molecule has 3 aromatic rings. The van der Waals surface area contributed by atoms with Crippen LogP contribution in [-0.4, -0.2) is 20.9 Å². The highest BCUT2D eigenvalue weighted by molar-refractivity contribution is 7.92. The van der Waals surface area contributed by atoms with Crippen LogP contribution in [-0.2, 0) is 14.8 Å². The molecule has 32 heavy (non-hydrogen) atoms. The molecule has 1 amide bonds. The summed E-state index contributed by atoms with van der Waals surface area (Å²) >= 11 is 0. The van der Waals surface area contributed by atoms with Crippen molar-refractivity contribution in [3.8, 4) is 5.75 Å². The summed E-state index contributed by atoms with van der Waals surface area (Å²) in [5.74, 6) is -2.66. The molecule has 0 atom stereocenters. The molecule has 10 heteroatoms. The Hall–Kier alpha value is -3.53. The number of rotatable bonds is 9. The number of carbonyl (C=O) groups is 1. The molecule has 0 aliphatic rings. The third kappa shape index (κ3) is 6.24. The van der Waals surface area contributed by atoms with Crippen molar-refractivity contribution in [1.29, 1.82) is 0 Å². The first-order chi connectivity index (χ1) is 15.2. The normalized spacial score (nSPS) is 11.1. The van der Waals surface area contributed by atoms with Crippen molar-refractivity contribution in [2.45, 2.75) is 17.7 Å². The van der Waals surface area contributed by atoms with Crippen molar-refractivity contribution in [2.75, 3.05) is 16.6 Å². The lowest BCUT2D eigenvalue weighted by Crippen LogP contribution is -2.17. The van der Waals surface area contributed by atoms with Gasteiger partial charge in [0, 0.05) is 12.5 Å². The van der Waals surface area contributed by atoms with Crippen LogP contribution in [0.15, 0.2) is 71.6 Å². The molecule has 0 saturated heterocycles. The molecule has 2 N–H and O–H groups in total. The van der Waals surface area contributed by atoms with Gasteiger partial charge in [0.25, 0.3) is 10.0 Å². The molecule has 0 heterocycles. The second-order valence-electron chi connectivity index (χ2n) is 6.68. The molecule has 168 valence electrons. The lowest BCUT2D eigenvalue weighted by atomic mass is 10.2. The van der Waals surface area contributed by atoms with Crippen molar-refractivity contribution in [3.63, 3.8) is 0 Å². The van der Waals surface area contributed by atoms with Crippen molar-refractivity contribution in [2.24, 2.45) is 0 Å². The van der Waals surface area contributed by atoms with Gasteiger partial charge in [-0.15, -0.1) is 0 Å². The molecule has 0 fully saturated rings. The van der Waals surface area contributed by atoms with Gasteiger partial charge in [-0.2, -0.15) is 0 Å². The van der Waals surface area contributed by atoms with Crippen LogP contribution in [0.3, 0.4) is 0 Å². The zero-order valence-corrected chi connectivity index (χ0v) is 17.5. The first-order valence-electron chi connectivity index (χ1n) is 9.50. The Kier molecular flexibility index (Phi) is 7.37. The number of amides is 1. The fourth-order valence-corrected chi connectivity index (χ4v) is 3.80. The van der Waals surface area contributed by atoms with Crippen molar-refractivity contribution in [3.05, 3.63) is 84.2 Å². The zero-order chi connectivity index (χ0) is 23.1. The first kappa shape index (κ1) is 23.1. The van der Waals surface area contributed by atoms with E-state index in [1.165, 1.54) is 12.1 Å². The number of anilines is 2. The van der Waals surface area contributed by atoms with Gasteiger partial charge in [-0.25, -0.2) is 21.6 Å². The quantitative estimate of drug-likeness (QED) is 0.450. The molecular weight excluding hydrogens is 445 g/mol. The summed E-state index contributed by atoms with van der Waals surface area (Å²) in [6.07, 6.45) is 0.258. The summed E-state index contributed by atoms with van der Waals surface area (Å²) in [6.45, 7) is 0.0226. The van der Waals surface area contributed by atoms with Gasteiger partial charge in [-0.1, -0.05) is 12.1 Å². The predicted octanol–water partition coefficient (Wildman–Crippen LogP) is 4.70. The molecule has 6 nitrogen and oxygen atoms in total. The summed E-state index contributed by atoms with van der Waals surface area (Å²) in [7, 11) is -4.00. The molecule has 0 saturated carbocycles. The number of hydrogen-bond acceptors (Lipinski definition) is 4. The van der Waals surface area contributed by atoms with Crippen molar-refractivity contribution < 1.29 is 31.1 Å². The molecule has 0 aliphatic carbocycles. The van der Waals surface area contributed by atoms with Gasteiger partial charge in [-0.05, 0) is 55.0 Å². The Morgan fingerprint density at radius 2 is 1.53 bits per heavy atom. The second-order valence-corrected chi connectivity index (χ2v) is 8.36. The van der Waals surface area contributed by atoms with Gasteiger partial charge in [0.1, 0.15) is 11.6 Å². The predicted molar refractivity (Wildman–Crippen MR) is 113 cm³/mol. The molecule has 0 aromatic heterocycles. The van der Waals surface area contributed by atoms with Crippen molar-refractivity contribution in [1.82, 2.24) is 0 Å². The molecule has 0 bridgehead atoms. The Morgan fingerprint density at radius 1 is 0.875 bits per heavy atom. The number of benzene rings is 3. The fraction of sp³-hybridized carbons (Fsp3) is 0.136. The van der Waals surface area contributed by atoms with Crippen molar-refractivity contribution >= 4 is 27.3 Å². The largest absolute Gasteiger partial charge is 0.491 e. The van der Waals surface area contributed by atoms with Crippen LogP contribution in [0.1, 0.15) is 12.8 Å². The summed E-state index contributed by atoms with van der Waals surface area (Å²) < 4.78 is 72.1. The highest BCUT2D eigenvalue weighted by atomic mass is 32.2. The van der Waals surface area contributed by atoms with E-state index in [2.05, 4.69) is 10.0 Å². The van der Waals surface area contributed by atoms with E-state index in [4.69, 9.17) is 4.74 Å². The number of para-hydroxylation sites is 2. The lowest BCUT2D eigenvalue weighted by molar-refractivity contribution is -0.116. The molecule has 0 aliphatic heterocycles. The van der Waals surface area contributed by atoms with E-state index in [0.29, 0.717) is 6.07 Å². The third-order valence-electron chi connectivity index (χ3n) is 4.27. The Labute approximate surface area is 183 Å². The van der Waals surface area contributed by atoms with Crippen LogP contribution in [0.25, 0.3) is 0 Å². The van der Waals surface area contributed by atoms with Crippen LogP contribution in [0.4, 0.5) is 24.5 Å². The number of halogens is 3.